The van der Waals surface area contributed by atoms with Crippen LogP contribution in [0.5, 0.6) is 0 Å². The molecule has 4 N–H and O–H groups in total. The highest BCUT2D eigenvalue weighted by atomic mass is 15.4. The average Bonchev–Trinajstić information content (AvgIpc) is 3.40. The predicted octanol–water partition coefficient (Wildman–Crippen LogP) is 4.65. The van der Waals surface area contributed by atoms with Gasteiger partial charge in [-0.1, -0.05) is 43.4 Å². The first-order valence-corrected chi connectivity index (χ1v) is 14.8. The standard InChI is InChI=1S/C29H45N9/c1-22-10-11-26-27(19-22)34-29(35-28(26)33-24-12-16-31-17-13-24)32-20-25-21-38(37-36-25)18-6-15-30-14-5-9-23-7-3-2-4-8-23/h10-11,19,21,23-24,30-31H,2-9,12-18,20H2,1H3,(H2,32,33,34,35). The van der Waals surface area contributed by atoms with Gasteiger partial charge >= 0.3 is 0 Å². The number of benzene rings is 1. The Morgan fingerprint density at radius 2 is 1.84 bits per heavy atom. The molecule has 0 unspecified atom stereocenters. The maximum Gasteiger partial charge on any atom is 0.225 e. The molecule has 2 aromatic heterocycles. The molecule has 0 radical (unpaired) electrons. The quantitative estimate of drug-likeness (QED) is 0.242. The van der Waals surface area contributed by atoms with Gasteiger partial charge < -0.3 is 21.3 Å². The maximum atomic E-state index is 4.84. The number of rotatable bonds is 13. The van der Waals surface area contributed by atoms with Crippen molar-refractivity contribution in [3.05, 3.63) is 35.7 Å². The fourth-order valence-corrected chi connectivity index (χ4v) is 5.77. The third-order valence-corrected chi connectivity index (χ3v) is 7.98. The van der Waals surface area contributed by atoms with Crippen LogP contribution < -0.4 is 21.3 Å². The minimum absolute atomic E-state index is 0.426. The molecule has 0 spiro atoms. The molecule has 3 heterocycles. The van der Waals surface area contributed by atoms with Crippen molar-refractivity contribution in [1.82, 2.24) is 35.6 Å². The fraction of sp³-hybridized carbons (Fsp3) is 0.655. The van der Waals surface area contributed by atoms with Gasteiger partial charge in [0.1, 0.15) is 11.5 Å². The van der Waals surface area contributed by atoms with Gasteiger partial charge in [0.25, 0.3) is 0 Å². The topological polar surface area (TPSA) is 105 Å². The number of aromatic nitrogens is 5. The third-order valence-electron chi connectivity index (χ3n) is 7.98. The summed E-state index contributed by atoms with van der Waals surface area (Å²) < 4.78 is 1.94. The Balaban J connectivity index is 1.08. The number of anilines is 2. The molecule has 9 heteroatoms. The SMILES string of the molecule is Cc1ccc2c(NC3CCNCC3)nc(NCc3cn(CCCNCCCC4CCCCC4)nn3)nc2c1. The highest BCUT2D eigenvalue weighted by Crippen LogP contribution is 2.27. The molecule has 3 aromatic rings. The van der Waals surface area contributed by atoms with Crippen LogP contribution >= 0.6 is 0 Å². The number of aryl methyl sites for hydroxylation is 2. The lowest BCUT2D eigenvalue weighted by Gasteiger charge is -2.25. The first kappa shape index (κ1) is 26.8. The summed E-state index contributed by atoms with van der Waals surface area (Å²) in [5, 5.41) is 23.8. The molecule has 1 aliphatic heterocycles. The zero-order valence-electron chi connectivity index (χ0n) is 23.0. The van der Waals surface area contributed by atoms with Gasteiger partial charge in [-0.05, 0) is 88.8 Å². The lowest BCUT2D eigenvalue weighted by molar-refractivity contribution is 0.330. The van der Waals surface area contributed by atoms with Gasteiger partial charge in [-0.15, -0.1) is 5.10 Å². The van der Waals surface area contributed by atoms with Gasteiger partial charge in [-0.2, -0.15) is 4.98 Å². The summed E-state index contributed by atoms with van der Waals surface area (Å²) in [4.78, 5) is 9.63. The van der Waals surface area contributed by atoms with Gasteiger partial charge in [-0.3, -0.25) is 4.68 Å². The van der Waals surface area contributed by atoms with Crippen LogP contribution in [0.2, 0.25) is 0 Å². The molecule has 1 aliphatic carbocycles. The fourth-order valence-electron chi connectivity index (χ4n) is 5.77. The van der Waals surface area contributed by atoms with E-state index in [-0.39, 0.29) is 0 Å². The zero-order chi connectivity index (χ0) is 26.0. The predicted molar refractivity (Wildman–Crippen MR) is 154 cm³/mol. The molecule has 2 aliphatic rings. The van der Waals surface area contributed by atoms with Crippen molar-refractivity contribution >= 4 is 22.7 Å². The molecule has 9 nitrogen and oxygen atoms in total. The van der Waals surface area contributed by atoms with E-state index in [2.05, 4.69) is 56.7 Å². The van der Waals surface area contributed by atoms with Gasteiger partial charge in [0.15, 0.2) is 0 Å². The Kier molecular flexibility index (Phi) is 9.77. The third kappa shape index (κ3) is 7.86. The second-order valence-corrected chi connectivity index (χ2v) is 11.2. The van der Waals surface area contributed by atoms with E-state index in [4.69, 9.17) is 9.97 Å². The van der Waals surface area contributed by atoms with Crippen molar-refractivity contribution < 1.29 is 0 Å². The molecule has 1 saturated carbocycles. The van der Waals surface area contributed by atoms with Gasteiger partial charge in [0, 0.05) is 18.0 Å². The molecule has 1 aromatic carbocycles. The summed E-state index contributed by atoms with van der Waals surface area (Å²) in [5.74, 6) is 2.50. The van der Waals surface area contributed by atoms with Crippen LogP contribution in [-0.2, 0) is 13.1 Å². The first-order chi connectivity index (χ1) is 18.7. The molecule has 0 atom stereocenters. The molecular formula is C29H45N9. The van der Waals surface area contributed by atoms with E-state index in [0.717, 1.165) is 80.3 Å². The molecule has 2 fully saturated rings. The van der Waals surface area contributed by atoms with Crippen LogP contribution in [0.4, 0.5) is 11.8 Å². The lowest BCUT2D eigenvalue weighted by atomic mass is 9.86. The normalized spacial score (nSPS) is 17.2. The monoisotopic (exact) mass is 519 g/mol. The van der Waals surface area contributed by atoms with Crippen LogP contribution in [-0.4, -0.2) is 57.2 Å². The Bertz CT molecular complexity index is 1130. The second kappa shape index (κ2) is 13.8. The zero-order valence-corrected chi connectivity index (χ0v) is 23.0. The number of hydrogen-bond donors (Lipinski definition) is 4. The summed E-state index contributed by atoms with van der Waals surface area (Å²) in [5.41, 5.74) is 3.04. The Hall–Kier alpha value is -2.78. The summed E-state index contributed by atoms with van der Waals surface area (Å²) in [6.07, 6.45) is 15.2. The van der Waals surface area contributed by atoms with E-state index in [1.807, 2.05) is 10.9 Å². The van der Waals surface area contributed by atoms with Crippen LogP contribution in [0.1, 0.15) is 75.5 Å². The molecule has 5 rings (SSSR count). The first-order valence-electron chi connectivity index (χ1n) is 14.8. The van der Waals surface area contributed by atoms with E-state index in [1.54, 1.807) is 0 Å². The van der Waals surface area contributed by atoms with Crippen molar-refractivity contribution in [2.45, 2.75) is 90.3 Å². The second-order valence-electron chi connectivity index (χ2n) is 11.2. The van der Waals surface area contributed by atoms with E-state index in [1.165, 1.54) is 50.5 Å². The van der Waals surface area contributed by atoms with E-state index >= 15 is 0 Å². The number of hydrogen-bond acceptors (Lipinski definition) is 8. The Labute approximate surface area is 227 Å². The number of nitrogens with one attached hydrogen (secondary N) is 4. The Morgan fingerprint density at radius 1 is 1.00 bits per heavy atom. The van der Waals surface area contributed by atoms with E-state index < -0.39 is 0 Å². The highest BCUT2D eigenvalue weighted by Gasteiger charge is 2.16. The van der Waals surface area contributed by atoms with Gasteiger partial charge in [0.05, 0.1) is 18.3 Å². The minimum atomic E-state index is 0.426. The molecule has 38 heavy (non-hydrogen) atoms. The van der Waals surface area contributed by atoms with Gasteiger partial charge in [0.2, 0.25) is 5.95 Å². The molecule has 206 valence electrons. The van der Waals surface area contributed by atoms with Crippen molar-refractivity contribution in [3.63, 3.8) is 0 Å². The summed E-state index contributed by atoms with van der Waals surface area (Å²) >= 11 is 0. The molecule has 0 bridgehead atoms. The number of piperidine rings is 1. The van der Waals surface area contributed by atoms with Crippen molar-refractivity contribution in [2.75, 3.05) is 36.8 Å². The minimum Gasteiger partial charge on any atom is -0.367 e. The summed E-state index contributed by atoms with van der Waals surface area (Å²) in [7, 11) is 0. The Morgan fingerprint density at radius 3 is 2.71 bits per heavy atom. The van der Waals surface area contributed by atoms with E-state index in [0.29, 0.717) is 18.5 Å². The smallest absolute Gasteiger partial charge is 0.225 e. The van der Waals surface area contributed by atoms with Crippen molar-refractivity contribution in [3.8, 4) is 0 Å². The number of fused-ring (bicyclic) bond motifs is 1. The lowest BCUT2D eigenvalue weighted by Crippen LogP contribution is -2.35. The van der Waals surface area contributed by atoms with Gasteiger partial charge in [-0.25, -0.2) is 4.98 Å². The molecular weight excluding hydrogens is 474 g/mol. The van der Waals surface area contributed by atoms with Crippen molar-refractivity contribution in [2.24, 2.45) is 5.92 Å². The highest BCUT2D eigenvalue weighted by molar-refractivity contribution is 5.90. The van der Waals surface area contributed by atoms with Crippen LogP contribution in [0.15, 0.2) is 24.4 Å². The van der Waals surface area contributed by atoms with Crippen molar-refractivity contribution in [1.29, 1.82) is 0 Å². The average molecular weight is 520 g/mol. The van der Waals surface area contributed by atoms with Crippen LogP contribution in [0.25, 0.3) is 10.9 Å². The largest absolute Gasteiger partial charge is 0.367 e. The maximum absolute atomic E-state index is 4.84. The van der Waals surface area contributed by atoms with E-state index in [9.17, 15) is 0 Å². The molecule has 1 saturated heterocycles. The van der Waals surface area contributed by atoms with Crippen LogP contribution in [0.3, 0.4) is 0 Å². The summed E-state index contributed by atoms with van der Waals surface area (Å²) in [6.45, 7) is 7.74. The molecule has 0 amide bonds. The van der Waals surface area contributed by atoms with Crippen LogP contribution in [0, 0.1) is 12.8 Å². The summed E-state index contributed by atoms with van der Waals surface area (Å²) in [6, 6.07) is 6.79. The number of nitrogens with zero attached hydrogens (tertiary/aromatic N) is 5.